The predicted octanol–water partition coefficient (Wildman–Crippen LogP) is 3.24. The Bertz CT molecular complexity index is 1130. The maximum Gasteiger partial charge on any atom is 0.251 e. The van der Waals surface area contributed by atoms with Crippen LogP contribution >= 0.6 is 0 Å². The Balaban J connectivity index is 1.18. The minimum Gasteiger partial charge on any atom is -0.454 e. The molecule has 3 heterocycles. The molecule has 2 N–H and O–H groups in total. The molecule has 1 amide bonds. The van der Waals surface area contributed by atoms with Gasteiger partial charge in [-0.1, -0.05) is 12.1 Å². The van der Waals surface area contributed by atoms with Crippen molar-refractivity contribution in [1.82, 2.24) is 15.2 Å². The maximum absolute atomic E-state index is 12.7. The first kappa shape index (κ1) is 21.1. The highest BCUT2D eigenvalue weighted by atomic mass is 16.7. The van der Waals surface area contributed by atoms with Crippen LogP contribution in [0.4, 0.5) is 17.2 Å². The lowest BCUT2D eigenvalue weighted by Crippen LogP contribution is -2.44. The Hall–Kier alpha value is -3.78. The van der Waals surface area contributed by atoms with Crippen LogP contribution in [0.15, 0.2) is 60.8 Å². The average molecular weight is 446 g/mol. The largest absolute Gasteiger partial charge is 0.454 e. The number of anilines is 3. The second kappa shape index (κ2) is 9.38. The molecule has 0 bridgehead atoms. The number of fused-ring (bicyclic) bond motifs is 1. The van der Waals surface area contributed by atoms with E-state index in [1.54, 1.807) is 6.07 Å². The van der Waals surface area contributed by atoms with Crippen molar-refractivity contribution in [2.24, 2.45) is 0 Å². The number of benzene rings is 2. The van der Waals surface area contributed by atoms with Gasteiger partial charge in [0.15, 0.2) is 11.5 Å². The number of amides is 1. The van der Waals surface area contributed by atoms with Crippen molar-refractivity contribution in [3.8, 4) is 11.5 Å². The minimum atomic E-state index is -0.139. The number of aromatic nitrogens is 1. The van der Waals surface area contributed by atoms with E-state index < -0.39 is 0 Å². The van der Waals surface area contributed by atoms with Crippen LogP contribution in [0.5, 0.6) is 11.5 Å². The van der Waals surface area contributed by atoms with E-state index in [0.717, 1.165) is 54.7 Å². The molecule has 5 rings (SSSR count). The van der Waals surface area contributed by atoms with Gasteiger partial charge in [0.1, 0.15) is 5.82 Å². The van der Waals surface area contributed by atoms with Gasteiger partial charge in [-0.2, -0.15) is 0 Å². The maximum atomic E-state index is 12.7. The van der Waals surface area contributed by atoms with Crippen molar-refractivity contribution in [1.29, 1.82) is 0 Å². The molecule has 170 valence electrons. The van der Waals surface area contributed by atoms with Gasteiger partial charge in [-0.05, 0) is 55.1 Å². The van der Waals surface area contributed by atoms with Gasteiger partial charge in [-0.25, -0.2) is 4.98 Å². The molecule has 2 aliphatic heterocycles. The number of hydrogen-bond acceptors (Lipinski definition) is 7. The van der Waals surface area contributed by atoms with E-state index in [1.807, 2.05) is 54.7 Å². The molecule has 0 atom stereocenters. The molecule has 8 heteroatoms. The summed E-state index contributed by atoms with van der Waals surface area (Å²) in [5.74, 6) is 2.29. The number of rotatable bonds is 6. The molecule has 0 radical (unpaired) electrons. The summed E-state index contributed by atoms with van der Waals surface area (Å²) in [7, 11) is 2.14. The first-order chi connectivity index (χ1) is 16.1. The van der Waals surface area contributed by atoms with Crippen molar-refractivity contribution >= 4 is 23.1 Å². The third kappa shape index (κ3) is 5.01. The lowest BCUT2D eigenvalue weighted by molar-refractivity contribution is 0.0951. The zero-order valence-corrected chi connectivity index (χ0v) is 18.6. The Morgan fingerprint density at radius 1 is 0.970 bits per heavy atom. The fraction of sp³-hybridized carbons (Fsp3) is 0.280. The first-order valence-corrected chi connectivity index (χ1v) is 11.1. The van der Waals surface area contributed by atoms with Crippen molar-refractivity contribution in [3.05, 3.63) is 71.9 Å². The summed E-state index contributed by atoms with van der Waals surface area (Å²) < 4.78 is 10.7. The first-order valence-electron chi connectivity index (χ1n) is 11.1. The SMILES string of the molecule is CN1CCN(c2ccc(Nc3cccc(C(=O)NCc4ccc5c(c4)OCO5)c3)cn2)CC1. The predicted molar refractivity (Wildman–Crippen MR) is 127 cm³/mol. The van der Waals surface area contributed by atoms with Crippen molar-refractivity contribution in [2.45, 2.75) is 6.54 Å². The van der Waals surface area contributed by atoms with Crippen LogP contribution in [0.1, 0.15) is 15.9 Å². The van der Waals surface area contributed by atoms with Gasteiger partial charge in [0, 0.05) is 44.0 Å². The lowest BCUT2D eigenvalue weighted by atomic mass is 10.1. The number of likely N-dealkylation sites (N-methyl/N-ethyl adjacent to an activating group) is 1. The number of nitrogens with zero attached hydrogens (tertiary/aromatic N) is 3. The quantitative estimate of drug-likeness (QED) is 0.603. The molecule has 0 aliphatic carbocycles. The Morgan fingerprint density at radius 3 is 2.64 bits per heavy atom. The second-order valence-corrected chi connectivity index (χ2v) is 8.27. The monoisotopic (exact) mass is 445 g/mol. The van der Waals surface area contributed by atoms with Gasteiger partial charge in [0.05, 0.1) is 11.9 Å². The van der Waals surface area contributed by atoms with E-state index in [2.05, 4.69) is 32.5 Å². The summed E-state index contributed by atoms with van der Waals surface area (Å²) in [6, 6.07) is 17.2. The normalized spacial score (nSPS) is 15.4. The van der Waals surface area contributed by atoms with Crippen LogP contribution in [0.25, 0.3) is 0 Å². The van der Waals surface area contributed by atoms with E-state index in [0.29, 0.717) is 17.9 Å². The lowest BCUT2D eigenvalue weighted by Gasteiger charge is -2.33. The van der Waals surface area contributed by atoms with Gasteiger partial charge in [-0.3, -0.25) is 4.79 Å². The number of carbonyl (C=O) groups is 1. The minimum absolute atomic E-state index is 0.139. The molecule has 0 spiro atoms. The summed E-state index contributed by atoms with van der Waals surface area (Å²) in [6.07, 6.45) is 1.83. The molecule has 0 saturated carbocycles. The molecular formula is C25H27N5O3. The number of carbonyl (C=O) groups excluding carboxylic acids is 1. The van der Waals surface area contributed by atoms with Crippen LogP contribution in [-0.4, -0.2) is 55.8 Å². The highest BCUT2D eigenvalue weighted by Gasteiger charge is 2.16. The molecule has 0 unspecified atom stereocenters. The molecule has 1 saturated heterocycles. The standard InChI is InChI=1S/C25H27N5O3/c1-29-9-11-30(12-10-29)24-8-6-21(16-26-24)28-20-4-2-3-19(14-20)25(31)27-15-18-5-7-22-23(13-18)33-17-32-22/h2-8,13-14,16,28H,9-12,15,17H2,1H3,(H,27,31). The molecule has 1 aromatic heterocycles. The number of ether oxygens (including phenoxy) is 2. The summed E-state index contributed by atoms with van der Waals surface area (Å²) in [6.45, 7) is 4.71. The van der Waals surface area contributed by atoms with Crippen LogP contribution in [0, 0.1) is 0 Å². The van der Waals surface area contributed by atoms with E-state index >= 15 is 0 Å². The van der Waals surface area contributed by atoms with E-state index in [4.69, 9.17) is 9.47 Å². The third-order valence-corrected chi connectivity index (χ3v) is 5.88. The third-order valence-electron chi connectivity index (χ3n) is 5.88. The molecule has 2 aromatic carbocycles. The van der Waals surface area contributed by atoms with Crippen molar-refractivity contribution < 1.29 is 14.3 Å². The molecule has 33 heavy (non-hydrogen) atoms. The van der Waals surface area contributed by atoms with Gasteiger partial charge < -0.3 is 29.9 Å². The van der Waals surface area contributed by atoms with Gasteiger partial charge in [-0.15, -0.1) is 0 Å². The van der Waals surface area contributed by atoms with Crippen LogP contribution < -0.4 is 25.0 Å². The highest BCUT2D eigenvalue weighted by Crippen LogP contribution is 2.32. The summed E-state index contributed by atoms with van der Waals surface area (Å²) in [4.78, 5) is 21.9. The van der Waals surface area contributed by atoms with E-state index in [-0.39, 0.29) is 12.7 Å². The average Bonchev–Trinajstić information content (AvgIpc) is 3.32. The van der Waals surface area contributed by atoms with Crippen LogP contribution in [-0.2, 0) is 6.54 Å². The summed E-state index contributed by atoms with van der Waals surface area (Å²) >= 11 is 0. The highest BCUT2D eigenvalue weighted by molar-refractivity contribution is 5.95. The van der Waals surface area contributed by atoms with E-state index in [9.17, 15) is 4.79 Å². The summed E-state index contributed by atoms with van der Waals surface area (Å²) in [5, 5.41) is 6.30. The van der Waals surface area contributed by atoms with Crippen molar-refractivity contribution in [3.63, 3.8) is 0 Å². The molecule has 1 fully saturated rings. The van der Waals surface area contributed by atoms with Gasteiger partial charge in [0.25, 0.3) is 5.91 Å². The van der Waals surface area contributed by atoms with Crippen molar-refractivity contribution in [2.75, 3.05) is 50.2 Å². The smallest absolute Gasteiger partial charge is 0.251 e. The zero-order valence-electron chi connectivity index (χ0n) is 18.6. The second-order valence-electron chi connectivity index (χ2n) is 8.27. The molecular weight excluding hydrogens is 418 g/mol. The van der Waals surface area contributed by atoms with Gasteiger partial charge in [0.2, 0.25) is 6.79 Å². The number of piperazine rings is 1. The Morgan fingerprint density at radius 2 is 1.82 bits per heavy atom. The topological polar surface area (TPSA) is 79.0 Å². The number of hydrogen-bond donors (Lipinski definition) is 2. The Kier molecular flexibility index (Phi) is 5.99. The number of nitrogens with one attached hydrogen (secondary N) is 2. The number of pyridine rings is 1. The van der Waals surface area contributed by atoms with Gasteiger partial charge >= 0.3 is 0 Å². The van der Waals surface area contributed by atoms with Crippen LogP contribution in [0.2, 0.25) is 0 Å². The molecule has 3 aromatic rings. The van der Waals surface area contributed by atoms with E-state index in [1.165, 1.54) is 0 Å². The summed E-state index contributed by atoms with van der Waals surface area (Å²) in [5.41, 5.74) is 3.25. The molecule has 8 nitrogen and oxygen atoms in total. The van der Waals surface area contributed by atoms with Crippen LogP contribution in [0.3, 0.4) is 0 Å². The molecule has 2 aliphatic rings. The Labute approximate surface area is 193 Å². The fourth-order valence-corrected chi connectivity index (χ4v) is 3.92. The zero-order chi connectivity index (χ0) is 22.6. The fourth-order valence-electron chi connectivity index (χ4n) is 3.92.